The van der Waals surface area contributed by atoms with Gasteiger partial charge in [0, 0.05) is 10.9 Å². The first kappa shape index (κ1) is 15.8. The Bertz CT molecular complexity index is 550. The van der Waals surface area contributed by atoms with E-state index < -0.39 is 0 Å². The van der Waals surface area contributed by atoms with E-state index in [0.717, 1.165) is 30.4 Å². The van der Waals surface area contributed by atoms with Crippen LogP contribution in [0.3, 0.4) is 0 Å². The van der Waals surface area contributed by atoms with Gasteiger partial charge in [-0.3, -0.25) is 0 Å². The van der Waals surface area contributed by atoms with Crippen molar-refractivity contribution < 1.29 is 9.84 Å². The van der Waals surface area contributed by atoms with E-state index in [9.17, 15) is 5.11 Å². The normalized spacial score (nSPS) is 14.0. The van der Waals surface area contributed by atoms with Gasteiger partial charge in [0.15, 0.2) is 0 Å². The molecule has 0 bridgehead atoms. The average molecular weight is 287 g/mol. The molecule has 3 heteroatoms. The van der Waals surface area contributed by atoms with E-state index in [1.807, 2.05) is 31.3 Å². The van der Waals surface area contributed by atoms with Crippen molar-refractivity contribution in [1.29, 1.82) is 0 Å². The third kappa shape index (κ3) is 3.74. The van der Waals surface area contributed by atoms with Crippen molar-refractivity contribution >= 4 is 10.8 Å². The van der Waals surface area contributed by atoms with E-state index in [1.165, 1.54) is 5.39 Å². The molecule has 0 saturated heterocycles. The van der Waals surface area contributed by atoms with E-state index in [1.54, 1.807) is 0 Å². The van der Waals surface area contributed by atoms with Gasteiger partial charge in [-0.15, -0.1) is 0 Å². The molecule has 0 aliphatic heterocycles. The molecule has 0 fully saturated rings. The summed E-state index contributed by atoms with van der Waals surface area (Å²) in [6.07, 6.45) is 2.73. The van der Waals surface area contributed by atoms with Crippen molar-refractivity contribution in [3.8, 4) is 5.75 Å². The minimum absolute atomic E-state index is 0.161. The second kappa shape index (κ2) is 7.43. The summed E-state index contributed by atoms with van der Waals surface area (Å²) in [7, 11) is 1.91. The highest BCUT2D eigenvalue weighted by atomic mass is 16.5. The van der Waals surface area contributed by atoms with Crippen molar-refractivity contribution in [3.63, 3.8) is 0 Å². The SMILES string of the molecule is CCC(CO)(CCCOc1cccc2ccccc12)NC. The Morgan fingerprint density at radius 3 is 2.62 bits per heavy atom. The van der Waals surface area contributed by atoms with Crippen LogP contribution in [0.25, 0.3) is 10.8 Å². The highest BCUT2D eigenvalue weighted by Gasteiger charge is 2.24. The number of hydrogen-bond acceptors (Lipinski definition) is 3. The predicted octanol–water partition coefficient (Wildman–Crippen LogP) is 3.36. The first-order valence-electron chi connectivity index (χ1n) is 7.65. The van der Waals surface area contributed by atoms with Crippen LogP contribution < -0.4 is 10.1 Å². The quantitative estimate of drug-likeness (QED) is 0.732. The maximum atomic E-state index is 9.53. The Morgan fingerprint density at radius 1 is 1.14 bits per heavy atom. The maximum absolute atomic E-state index is 9.53. The molecule has 114 valence electrons. The highest BCUT2D eigenvalue weighted by molar-refractivity contribution is 5.88. The number of hydrogen-bond donors (Lipinski definition) is 2. The molecule has 1 atom stereocenters. The molecule has 0 aliphatic rings. The third-order valence-electron chi connectivity index (χ3n) is 4.32. The van der Waals surface area contributed by atoms with Gasteiger partial charge in [0.05, 0.1) is 13.2 Å². The number of likely N-dealkylation sites (N-methyl/N-ethyl adjacent to an activating group) is 1. The minimum Gasteiger partial charge on any atom is -0.493 e. The molecule has 0 spiro atoms. The minimum atomic E-state index is -0.178. The van der Waals surface area contributed by atoms with Crippen molar-refractivity contribution in [2.75, 3.05) is 20.3 Å². The van der Waals surface area contributed by atoms with Crippen molar-refractivity contribution in [2.45, 2.75) is 31.7 Å². The number of benzene rings is 2. The van der Waals surface area contributed by atoms with Gasteiger partial charge in [-0.25, -0.2) is 0 Å². The lowest BCUT2D eigenvalue weighted by Gasteiger charge is -2.30. The summed E-state index contributed by atoms with van der Waals surface area (Å²) in [5, 5.41) is 15.1. The van der Waals surface area contributed by atoms with Gasteiger partial charge < -0.3 is 15.2 Å². The van der Waals surface area contributed by atoms with Crippen LogP contribution in [-0.4, -0.2) is 30.9 Å². The Kier molecular flexibility index (Phi) is 5.59. The van der Waals surface area contributed by atoms with Crippen LogP contribution in [0.2, 0.25) is 0 Å². The van der Waals surface area contributed by atoms with Gasteiger partial charge in [0.2, 0.25) is 0 Å². The van der Waals surface area contributed by atoms with Gasteiger partial charge in [-0.1, -0.05) is 43.3 Å². The largest absolute Gasteiger partial charge is 0.493 e. The molecule has 2 aromatic rings. The molecule has 0 amide bonds. The Balaban J connectivity index is 1.94. The monoisotopic (exact) mass is 287 g/mol. The smallest absolute Gasteiger partial charge is 0.127 e. The molecule has 2 rings (SSSR count). The van der Waals surface area contributed by atoms with Gasteiger partial charge in [0.25, 0.3) is 0 Å². The lowest BCUT2D eigenvalue weighted by atomic mass is 9.92. The van der Waals surface area contributed by atoms with Gasteiger partial charge in [-0.05, 0) is 37.8 Å². The third-order valence-corrected chi connectivity index (χ3v) is 4.32. The molecular formula is C18H25NO2. The Hall–Kier alpha value is -1.58. The summed E-state index contributed by atoms with van der Waals surface area (Å²) in [6, 6.07) is 14.4. The average Bonchev–Trinajstić information content (AvgIpc) is 2.56. The second-order valence-electron chi connectivity index (χ2n) is 5.47. The van der Waals surface area contributed by atoms with Crippen LogP contribution in [-0.2, 0) is 0 Å². The zero-order chi connectivity index (χ0) is 15.1. The summed E-state index contributed by atoms with van der Waals surface area (Å²) in [6.45, 7) is 2.92. The lowest BCUT2D eigenvalue weighted by molar-refractivity contribution is 0.145. The molecule has 2 N–H and O–H groups in total. The fourth-order valence-corrected chi connectivity index (χ4v) is 2.66. The molecule has 0 radical (unpaired) electrons. The maximum Gasteiger partial charge on any atom is 0.127 e. The Morgan fingerprint density at radius 2 is 1.90 bits per heavy atom. The van der Waals surface area contributed by atoms with E-state index >= 15 is 0 Å². The van der Waals surface area contributed by atoms with E-state index in [4.69, 9.17) is 4.74 Å². The predicted molar refractivity (Wildman–Crippen MR) is 87.8 cm³/mol. The molecule has 2 aromatic carbocycles. The first-order valence-corrected chi connectivity index (χ1v) is 7.65. The zero-order valence-electron chi connectivity index (χ0n) is 12.9. The Labute approximate surface area is 126 Å². The van der Waals surface area contributed by atoms with Crippen LogP contribution >= 0.6 is 0 Å². The van der Waals surface area contributed by atoms with E-state index in [-0.39, 0.29) is 12.1 Å². The van der Waals surface area contributed by atoms with Crippen LogP contribution in [0.5, 0.6) is 5.75 Å². The number of ether oxygens (including phenoxy) is 1. The molecule has 0 saturated carbocycles. The van der Waals surface area contributed by atoms with Crippen LogP contribution in [0.1, 0.15) is 26.2 Å². The fraction of sp³-hybridized carbons (Fsp3) is 0.444. The van der Waals surface area contributed by atoms with Crippen molar-refractivity contribution in [2.24, 2.45) is 0 Å². The molecule has 0 heterocycles. The summed E-state index contributed by atoms with van der Waals surface area (Å²) < 4.78 is 5.94. The molecular weight excluding hydrogens is 262 g/mol. The number of fused-ring (bicyclic) bond motifs is 1. The summed E-state index contributed by atoms with van der Waals surface area (Å²) in [5.74, 6) is 0.934. The van der Waals surface area contributed by atoms with Gasteiger partial charge in [0.1, 0.15) is 5.75 Å². The number of nitrogens with one attached hydrogen (secondary N) is 1. The lowest BCUT2D eigenvalue weighted by Crippen LogP contribution is -2.46. The van der Waals surface area contributed by atoms with E-state index in [0.29, 0.717) is 6.61 Å². The van der Waals surface area contributed by atoms with Crippen molar-refractivity contribution in [1.82, 2.24) is 5.32 Å². The second-order valence-corrected chi connectivity index (χ2v) is 5.47. The van der Waals surface area contributed by atoms with Gasteiger partial charge in [-0.2, -0.15) is 0 Å². The molecule has 1 unspecified atom stereocenters. The molecule has 0 aliphatic carbocycles. The topological polar surface area (TPSA) is 41.5 Å². The number of rotatable bonds is 8. The van der Waals surface area contributed by atoms with E-state index in [2.05, 4.69) is 30.4 Å². The molecule has 0 aromatic heterocycles. The summed E-state index contributed by atoms with van der Waals surface area (Å²) >= 11 is 0. The number of aliphatic hydroxyl groups is 1. The molecule has 21 heavy (non-hydrogen) atoms. The standard InChI is InChI=1S/C18H25NO2/c1-3-18(14-20,19-2)12-7-13-21-17-11-6-9-15-8-4-5-10-16(15)17/h4-6,8-11,19-20H,3,7,12-14H2,1-2H3. The highest BCUT2D eigenvalue weighted by Crippen LogP contribution is 2.25. The first-order chi connectivity index (χ1) is 10.2. The fourth-order valence-electron chi connectivity index (χ4n) is 2.66. The summed E-state index contributed by atoms with van der Waals surface area (Å²) in [5.41, 5.74) is -0.178. The van der Waals surface area contributed by atoms with Crippen molar-refractivity contribution in [3.05, 3.63) is 42.5 Å². The van der Waals surface area contributed by atoms with Gasteiger partial charge >= 0.3 is 0 Å². The summed E-state index contributed by atoms with van der Waals surface area (Å²) in [4.78, 5) is 0. The van der Waals surface area contributed by atoms with Crippen LogP contribution in [0, 0.1) is 0 Å². The van der Waals surface area contributed by atoms with Crippen LogP contribution in [0.15, 0.2) is 42.5 Å². The number of aliphatic hydroxyl groups excluding tert-OH is 1. The molecule has 3 nitrogen and oxygen atoms in total. The zero-order valence-corrected chi connectivity index (χ0v) is 12.9. The van der Waals surface area contributed by atoms with Crippen LogP contribution in [0.4, 0.5) is 0 Å².